The Morgan fingerprint density at radius 3 is 2.91 bits per heavy atom. The van der Waals surface area contributed by atoms with Gasteiger partial charge in [0.25, 0.3) is 0 Å². The Bertz CT molecular complexity index is 492. The van der Waals surface area contributed by atoms with Gasteiger partial charge in [-0.15, -0.1) is 0 Å². The summed E-state index contributed by atoms with van der Waals surface area (Å²) in [5, 5.41) is 3.22. The predicted molar refractivity (Wildman–Crippen MR) is 91.4 cm³/mol. The van der Waals surface area contributed by atoms with Crippen molar-refractivity contribution in [3.63, 3.8) is 0 Å². The van der Waals surface area contributed by atoms with Gasteiger partial charge in [-0.05, 0) is 25.5 Å². The molecule has 3 heterocycles. The molecule has 2 fully saturated rings. The van der Waals surface area contributed by atoms with Crippen molar-refractivity contribution < 1.29 is 4.79 Å². The number of thioether (sulfide) groups is 1. The minimum absolute atomic E-state index is 0.0233. The van der Waals surface area contributed by atoms with E-state index in [4.69, 9.17) is 0 Å². The van der Waals surface area contributed by atoms with E-state index < -0.39 is 0 Å². The van der Waals surface area contributed by atoms with Crippen LogP contribution in [0.1, 0.15) is 13.3 Å². The molecule has 1 amide bonds. The number of pyridine rings is 1. The molecular formula is C16H24N4OS. The molecule has 2 aliphatic rings. The number of amides is 1. The number of anilines is 1. The van der Waals surface area contributed by atoms with Crippen LogP contribution in [-0.4, -0.2) is 65.6 Å². The number of hydrogen-bond donors (Lipinski definition) is 1. The lowest BCUT2D eigenvalue weighted by molar-refractivity contribution is -0.126. The fourth-order valence-corrected chi connectivity index (χ4v) is 4.01. The quantitative estimate of drug-likeness (QED) is 0.904. The molecule has 6 heteroatoms. The average Bonchev–Trinajstić information content (AvgIpc) is 3.04. The van der Waals surface area contributed by atoms with Crippen LogP contribution in [0.4, 0.5) is 5.82 Å². The van der Waals surface area contributed by atoms with Gasteiger partial charge in [-0.2, -0.15) is 11.8 Å². The number of carbonyl (C=O) groups is 1. The van der Waals surface area contributed by atoms with E-state index in [-0.39, 0.29) is 18.0 Å². The van der Waals surface area contributed by atoms with Crippen molar-refractivity contribution in [3.05, 3.63) is 24.4 Å². The molecule has 1 aromatic heterocycles. The lowest BCUT2D eigenvalue weighted by Crippen LogP contribution is -2.51. The number of aromatic nitrogens is 1. The van der Waals surface area contributed by atoms with Crippen molar-refractivity contribution in [2.75, 3.05) is 42.6 Å². The maximum atomic E-state index is 12.4. The van der Waals surface area contributed by atoms with Crippen molar-refractivity contribution in [2.24, 2.45) is 0 Å². The van der Waals surface area contributed by atoms with E-state index in [9.17, 15) is 4.79 Å². The molecular weight excluding hydrogens is 296 g/mol. The first-order valence-corrected chi connectivity index (χ1v) is 9.17. The van der Waals surface area contributed by atoms with Crippen LogP contribution >= 0.6 is 11.8 Å². The molecule has 1 N–H and O–H groups in total. The fourth-order valence-electron chi connectivity index (χ4n) is 3.08. The largest absolute Gasteiger partial charge is 0.354 e. The van der Waals surface area contributed by atoms with E-state index in [0.29, 0.717) is 0 Å². The van der Waals surface area contributed by atoms with E-state index in [0.717, 1.165) is 49.9 Å². The summed E-state index contributed by atoms with van der Waals surface area (Å²) < 4.78 is 0. The van der Waals surface area contributed by atoms with E-state index in [2.05, 4.69) is 20.1 Å². The van der Waals surface area contributed by atoms with Crippen LogP contribution in [-0.2, 0) is 4.79 Å². The summed E-state index contributed by atoms with van der Waals surface area (Å²) in [4.78, 5) is 21.4. The average molecular weight is 320 g/mol. The normalized spacial score (nSPS) is 24.2. The van der Waals surface area contributed by atoms with Crippen LogP contribution in [0.2, 0.25) is 0 Å². The van der Waals surface area contributed by atoms with E-state index in [1.165, 1.54) is 0 Å². The van der Waals surface area contributed by atoms with Gasteiger partial charge < -0.3 is 10.2 Å². The van der Waals surface area contributed by atoms with Crippen molar-refractivity contribution in [2.45, 2.75) is 25.4 Å². The lowest BCUT2D eigenvalue weighted by Gasteiger charge is -2.31. The zero-order valence-electron chi connectivity index (χ0n) is 13.1. The first-order valence-electron chi connectivity index (χ1n) is 8.02. The summed E-state index contributed by atoms with van der Waals surface area (Å²) in [5.74, 6) is 3.43. The Morgan fingerprint density at radius 1 is 1.36 bits per heavy atom. The molecule has 0 unspecified atom stereocenters. The minimum atomic E-state index is -0.0233. The van der Waals surface area contributed by atoms with Gasteiger partial charge in [0.05, 0.1) is 6.04 Å². The van der Waals surface area contributed by atoms with Crippen molar-refractivity contribution in [1.29, 1.82) is 0 Å². The minimum Gasteiger partial charge on any atom is -0.354 e. The van der Waals surface area contributed by atoms with Crippen molar-refractivity contribution in [1.82, 2.24) is 15.2 Å². The van der Waals surface area contributed by atoms with Gasteiger partial charge in [-0.1, -0.05) is 6.07 Å². The number of rotatable bonds is 4. The monoisotopic (exact) mass is 320 g/mol. The molecule has 2 atom stereocenters. The van der Waals surface area contributed by atoms with Crippen LogP contribution in [0.25, 0.3) is 0 Å². The summed E-state index contributed by atoms with van der Waals surface area (Å²) in [7, 11) is 0. The van der Waals surface area contributed by atoms with Crippen LogP contribution in [0.3, 0.4) is 0 Å². The standard InChI is InChI=1S/C16H24N4OS/c1-13(19-8-10-22-11-9-19)16(21)18-14-5-7-20(12-14)15-4-2-3-6-17-15/h2-4,6,13-14H,5,7-12H2,1H3,(H,18,21)/t13-,14-/m1/s1. The van der Waals surface area contributed by atoms with Crippen molar-refractivity contribution in [3.8, 4) is 0 Å². The van der Waals surface area contributed by atoms with Crippen LogP contribution in [0.5, 0.6) is 0 Å². The zero-order valence-corrected chi connectivity index (χ0v) is 13.9. The Morgan fingerprint density at radius 2 is 2.18 bits per heavy atom. The molecule has 0 spiro atoms. The predicted octanol–water partition coefficient (Wildman–Crippen LogP) is 1.21. The summed E-state index contributed by atoms with van der Waals surface area (Å²) in [6.45, 7) is 5.87. The van der Waals surface area contributed by atoms with Crippen molar-refractivity contribution >= 4 is 23.5 Å². The van der Waals surface area contributed by atoms with E-state index in [1.54, 1.807) is 0 Å². The summed E-state index contributed by atoms with van der Waals surface area (Å²) in [6, 6.07) is 6.17. The lowest BCUT2D eigenvalue weighted by atomic mass is 10.2. The van der Waals surface area contributed by atoms with Gasteiger partial charge >= 0.3 is 0 Å². The third-order valence-corrected chi connectivity index (χ3v) is 5.42. The molecule has 0 bridgehead atoms. The zero-order chi connectivity index (χ0) is 15.4. The second-order valence-corrected chi connectivity index (χ2v) is 7.18. The van der Waals surface area contributed by atoms with Crippen LogP contribution < -0.4 is 10.2 Å². The van der Waals surface area contributed by atoms with Gasteiger partial charge in [0.15, 0.2) is 0 Å². The molecule has 22 heavy (non-hydrogen) atoms. The van der Waals surface area contributed by atoms with Gasteiger partial charge in [0.1, 0.15) is 5.82 Å². The first-order chi connectivity index (χ1) is 10.7. The molecule has 120 valence electrons. The second-order valence-electron chi connectivity index (χ2n) is 5.95. The molecule has 0 saturated carbocycles. The Hall–Kier alpha value is -1.27. The van der Waals surface area contributed by atoms with Crippen LogP contribution in [0, 0.1) is 0 Å². The molecule has 0 aliphatic carbocycles. The Balaban J connectivity index is 1.50. The third kappa shape index (κ3) is 3.73. The van der Waals surface area contributed by atoms with Gasteiger partial charge in [0.2, 0.25) is 5.91 Å². The second kappa shape index (κ2) is 7.33. The number of nitrogens with one attached hydrogen (secondary N) is 1. The molecule has 1 aromatic rings. The Kier molecular flexibility index (Phi) is 5.20. The third-order valence-electron chi connectivity index (χ3n) is 4.48. The highest BCUT2D eigenvalue weighted by molar-refractivity contribution is 7.99. The molecule has 0 radical (unpaired) electrons. The molecule has 5 nitrogen and oxygen atoms in total. The smallest absolute Gasteiger partial charge is 0.237 e. The van der Waals surface area contributed by atoms with Gasteiger partial charge in [-0.25, -0.2) is 4.98 Å². The van der Waals surface area contributed by atoms with Gasteiger partial charge in [0, 0.05) is 49.9 Å². The highest BCUT2D eigenvalue weighted by Crippen LogP contribution is 2.18. The first kappa shape index (κ1) is 15.6. The summed E-state index contributed by atoms with van der Waals surface area (Å²) in [5.41, 5.74) is 0. The highest BCUT2D eigenvalue weighted by Gasteiger charge is 2.28. The maximum absolute atomic E-state index is 12.4. The van der Waals surface area contributed by atoms with E-state index >= 15 is 0 Å². The number of carbonyl (C=O) groups excluding carboxylic acids is 1. The molecule has 2 saturated heterocycles. The Labute approximate surface area is 136 Å². The topological polar surface area (TPSA) is 48.5 Å². The molecule has 2 aliphatic heterocycles. The summed E-state index contributed by atoms with van der Waals surface area (Å²) >= 11 is 1.97. The SMILES string of the molecule is C[C@H](C(=O)N[C@@H]1CCN(c2ccccn2)C1)N1CCSCC1. The summed E-state index contributed by atoms with van der Waals surface area (Å²) in [6.07, 6.45) is 2.81. The number of nitrogens with zero attached hydrogens (tertiary/aromatic N) is 3. The highest BCUT2D eigenvalue weighted by atomic mass is 32.2. The maximum Gasteiger partial charge on any atom is 0.237 e. The van der Waals surface area contributed by atoms with Gasteiger partial charge in [-0.3, -0.25) is 9.69 Å². The fraction of sp³-hybridized carbons (Fsp3) is 0.625. The molecule has 0 aromatic carbocycles. The van der Waals surface area contributed by atoms with E-state index in [1.807, 2.05) is 43.1 Å². The molecule has 3 rings (SSSR count). The van der Waals surface area contributed by atoms with Crippen LogP contribution in [0.15, 0.2) is 24.4 Å². The number of hydrogen-bond acceptors (Lipinski definition) is 5.